The maximum Gasteiger partial charge on any atom is 0.229 e. The molecule has 0 aliphatic heterocycles. The van der Waals surface area contributed by atoms with E-state index in [1.807, 2.05) is 44.2 Å². The zero-order valence-electron chi connectivity index (χ0n) is 16.9. The van der Waals surface area contributed by atoms with Crippen LogP contribution >= 0.6 is 11.6 Å². The quantitative estimate of drug-likeness (QED) is 0.611. The van der Waals surface area contributed by atoms with Crippen LogP contribution in [0.1, 0.15) is 30.4 Å². The van der Waals surface area contributed by atoms with E-state index >= 15 is 0 Å². The van der Waals surface area contributed by atoms with Crippen molar-refractivity contribution < 1.29 is 9.53 Å². The molecule has 1 saturated carbocycles. The van der Waals surface area contributed by atoms with E-state index in [2.05, 4.69) is 20.3 Å². The van der Waals surface area contributed by atoms with Crippen LogP contribution in [-0.4, -0.2) is 27.5 Å². The highest BCUT2D eigenvalue weighted by Crippen LogP contribution is 2.55. The molecule has 1 aromatic carbocycles. The van der Waals surface area contributed by atoms with Gasteiger partial charge in [0.25, 0.3) is 0 Å². The topological polar surface area (TPSA) is 77.0 Å². The van der Waals surface area contributed by atoms with Crippen LogP contribution in [0.15, 0.2) is 54.9 Å². The summed E-state index contributed by atoms with van der Waals surface area (Å²) in [6.45, 7) is 4.30. The number of ether oxygens (including phenoxy) is 1. The SMILES string of the molecule is CCc1ncc(OC[C@@]2(c3ccccc3)C[C@H]2C(=O)Nc2ccc(Cl)cn2)c(C)n1. The van der Waals surface area contributed by atoms with Gasteiger partial charge in [0.15, 0.2) is 5.75 Å². The van der Waals surface area contributed by atoms with Gasteiger partial charge in [-0.05, 0) is 31.0 Å². The summed E-state index contributed by atoms with van der Waals surface area (Å²) in [5.41, 5.74) is 1.49. The van der Waals surface area contributed by atoms with Gasteiger partial charge in [-0.1, -0.05) is 48.9 Å². The number of hydrogen-bond acceptors (Lipinski definition) is 5. The van der Waals surface area contributed by atoms with Crippen LogP contribution in [0.25, 0.3) is 0 Å². The number of benzene rings is 1. The first kappa shape index (κ1) is 20.3. The van der Waals surface area contributed by atoms with Gasteiger partial charge in [0.1, 0.15) is 11.6 Å². The van der Waals surface area contributed by atoms with Gasteiger partial charge in [-0.15, -0.1) is 0 Å². The average Bonchev–Trinajstić information content (AvgIpc) is 3.51. The van der Waals surface area contributed by atoms with E-state index in [4.69, 9.17) is 16.3 Å². The number of aryl methyl sites for hydroxylation is 2. The maximum atomic E-state index is 12.9. The second-order valence-corrected chi connectivity index (χ2v) is 7.94. The van der Waals surface area contributed by atoms with Crippen LogP contribution in [0.3, 0.4) is 0 Å². The zero-order chi connectivity index (χ0) is 21.1. The third-order valence-electron chi connectivity index (χ3n) is 5.50. The molecule has 6 nitrogen and oxygen atoms in total. The van der Waals surface area contributed by atoms with Gasteiger partial charge >= 0.3 is 0 Å². The molecule has 1 aliphatic carbocycles. The van der Waals surface area contributed by atoms with Crippen molar-refractivity contribution in [2.24, 2.45) is 5.92 Å². The summed E-state index contributed by atoms with van der Waals surface area (Å²) in [4.78, 5) is 25.9. The Morgan fingerprint density at radius 3 is 2.67 bits per heavy atom. The zero-order valence-corrected chi connectivity index (χ0v) is 17.7. The normalized spacial score (nSPS) is 19.9. The first-order valence-corrected chi connectivity index (χ1v) is 10.3. The molecule has 1 amide bonds. The molecule has 0 unspecified atom stereocenters. The summed E-state index contributed by atoms with van der Waals surface area (Å²) >= 11 is 5.88. The molecule has 0 saturated heterocycles. The monoisotopic (exact) mass is 422 g/mol. The Bertz CT molecular complexity index is 1040. The van der Waals surface area contributed by atoms with Gasteiger partial charge in [0, 0.05) is 18.0 Å². The Kier molecular flexibility index (Phi) is 5.68. The number of carbonyl (C=O) groups is 1. The van der Waals surface area contributed by atoms with Gasteiger partial charge < -0.3 is 10.1 Å². The fourth-order valence-electron chi connectivity index (χ4n) is 3.67. The highest BCUT2D eigenvalue weighted by Gasteiger charge is 2.60. The lowest BCUT2D eigenvalue weighted by Crippen LogP contribution is -2.27. The van der Waals surface area contributed by atoms with Crippen LogP contribution in [-0.2, 0) is 16.6 Å². The number of carbonyl (C=O) groups excluding carboxylic acids is 1. The predicted molar refractivity (Wildman–Crippen MR) is 116 cm³/mol. The summed E-state index contributed by atoms with van der Waals surface area (Å²) in [5, 5.41) is 3.42. The number of nitrogens with zero attached hydrogens (tertiary/aromatic N) is 3. The first-order valence-electron chi connectivity index (χ1n) is 9.95. The number of pyridine rings is 1. The second-order valence-electron chi connectivity index (χ2n) is 7.51. The van der Waals surface area contributed by atoms with Crippen LogP contribution in [0.4, 0.5) is 5.82 Å². The number of halogens is 1. The summed E-state index contributed by atoms with van der Waals surface area (Å²) < 4.78 is 6.13. The van der Waals surface area contributed by atoms with E-state index in [1.165, 1.54) is 6.20 Å². The number of rotatable bonds is 7. The lowest BCUT2D eigenvalue weighted by molar-refractivity contribution is -0.117. The fraction of sp³-hybridized carbons (Fsp3) is 0.304. The van der Waals surface area contributed by atoms with Crippen LogP contribution < -0.4 is 10.1 Å². The second kappa shape index (κ2) is 8.40. The Balaban J connectivity index is 1.52. The Labute approximate surface area is 180 Å². The van der Waals surface area contributed by atoms with Crippen molar-refractivity contribution in [3.05, 3.63) is 77.0 Å². The molecular formula is C23H23ClN4O2. The van der Waals surface area contributed by atoms with Crippen LogP contribution in [0.5, 0.6) is 5.75 Å². The van der Waals surface area contributed by atoms with Crippen molar-refractivity contribution in [3.63, 3.8) is 0 Å². The minimum atomic E-state index is -0.395. The molecule has 2 atom stereocenters. The van der Waals surface area contributed by atoms with Crippen LogP contribution in [0, 0.1) is 12.8 Å². The van der Waals surface area contributed by atoms with E-state index in [0.717, 1.165) is 23.5 Å². The van der Waals surface area contributed by atoms with Gasteiger partial charge in [0.05, 0.1) is 29.4 Å². The number of aromatic nitrogens is 3. The molecule has 1 fully saturated rings. The first-order chi connectivity index (χ1) is 14.5. The van der Waals surface area contributed by atoms with Gasteiger partial charge in [-0.25, -0.2) is 15.0 Å². The Morgan fingerprint density at radius 1 is 1.20 bits per heavy atom. The Morgan fingerprint density at radius 2 is 2.00 bits per heavy atom. The molecule has 1 aliphatic rings. The Hall–Kier alpha value is -2.99. The maximum absolute atomic E-state index is 12.9. The highest BCUT2D eigenvalue weighted by atomic mass is 35.5. The molecule has 3 aromatic rings. The molecule has 2 aromatic heterocycles. The van der Waals surface area contributed by atoms with Crippen molar-refractivity contribution in [1.29, 1.82) is 0 Å². The smallest absolute Gasteiger partial charge is 0.229 e. The summed E-state index contributed by atoms with van der Waals surface area (Å²) in [6, 6.07) is 13.4. The van der Waals surface area contributed by atoms with E-state index in [-0.39, 0.29) is 11.8 Å². The lowest BCUT2D eigenvalue weighted by Gasteiger charge is -2.19. The summed E-state index contributed by atoms with van der Waals surface area (Å²) in [7, 11) is 0. The van der Waals surface area contributed by atoms with E-state index in [9.17, 15) is 4.79 Å². The predicted octanol–water partition coefficient (Wildman–Crippen LogP) is 4.37. The minimum absolute atomic E-state index is 0.0772. The van der Waals surface area contributed by atoms with E-state index in [0.29, 0.717) is 29.6 Å². The molecule has 7 heteroatoms. The number of hydrogen-bond donors (Lipinski definition) is 1. The third-order valence-corrected chi connectivity index (χ3v) is 5.73. The average molecular weight is 423 g/mol. The van der Waals surface area contributed by atoms with Crippen LogP contribution in [0.2, 0.25) is 5.02 Å². The number of nitrogens with one attached hydrogen (secondary N) is 1. The lowest BCUT2D eigenvalue weighted by atomic mass is 9.93. The van der Waals surface area contributed by atoms with Gasteiger partial charge in [0.2, 0.25) is 5.91 Å². The number of amides is 1. The number of anilines is 1. The molecule has 2 heterocycles. The minimum Gasteiger partial charge on any atom is -0.489 e. The fourth-order valence-corrected chi connectivity index (χ4v) is 3.78. The molecule has 0 bridgehead atoms. The molecule has 30 heavy (non-hydrogen) atoms. The van der Waals surface area contributed by atoms with Crippen molar-refractivity contribution in [3.8, 4) is 5.75 Å². The van der Waals surface area contributed by atoms with Gasteiger partial charge in [-0.2, -0.15) is 0 Å². The van der Waals surface area contributed by atoms with E-state index < -0.39 is 5.41 Å². The van der Waals surface area contributed by atoms with Crippen molar-refractivity contribution in [2.75, 3.05) is 11.9 Å². The van der Waals surface area contributed by atoms with Gasteiger partial charge in [-0.3, -0.25) is 4.79 Å². The molecule has 4 rings (SSSR count). The molecular weight excluding hydrogens is 400 g/mol. The summed E-state index contributed by atoms with van der Waals surface area (Å²) in [6.07, 6.45) is 4.70. The molecule has 0 radical (unpaired) electrons. The highest BCUT2D eigenvalue weighted by molar-refractivity contribution is 6.30. The molecule has 0 spiro atoms. The van der Waals surface area contributed by atoms with Crippen molar-refractivity contribution in [1.82, 2.24) is 15.0 Å². The molecule has 1 N–H and O–H groups in total. The van der Waals surface area contributed by atoms with Crippen molar-refractivity contribution in [2.45, 2.75) is 32.1 Å². The largest absolute Gasteiger partial charge is 0.489 e. The molecule has 154 valence electrons. The van der Waals surface area contributed by atoms with Crippen molar-refractivity contribution >= 4 is 23.3 Å². The summed E-state index contributed by atoms with van der Waals surface area (Å²) in [5.74, 6) is 1.63. The standard InChI is InChI=1S/C23H23ClN4O2/c1-3-20-26-13-19(15(2)27-20)30-14-23(16-7-5-4-6-8-16)11-18(23)22(29)28-21-10-9-17(24)12-25-21/h4-10,12-13,18H,3,11,14H2,1-2H3,(H,25,28,29)/t18-,23+/m0/s1. The van der Waals surface area contributed by atoms with E-state index in [1.54, 1.807) is 18.3 Å². The third kappa shape index (κ3) is 4.14.